The number of aromatic amines is 1. The molecule has 4 heterocycles. The number of benzene rings is 1. The summed E-state index contributed by atoms with van der Waals surface area (Å²) in [5, 5.41) is 1.99. The molecule has 1 fully saturated rings. The molecule has 1 aromatic carbocycles. The van der Waals surface area contributed by atoms with Crippen molar-refractivity contribution in [1.82, 2.24) is 19.8 Å². The highest BCUT2D eigenvalue weighted by Crippen LogP contribution is 2.44. The summed E-state index contributed by atoms with van der Waals surface area (Å²) in [4.78, 5) is 14.1. The van der Waals surface area contributed by atoms with Crippen molar-refractivity contribution in [3.05, 3.63) is 46.6 Å². The van der Waals surface area contributed by atoms with Gasteiger partial charge < -0.3 is 9.72 Å². The fourth-order valence-electron chi connectivity index (χ4n) is 5.18. The van der Waals surface area contributed by atoms with Gasteiger partial charge in [-0.2, -0.15) is 0 Å². The molecule has 3 aromatic rings. The van der Waals surface area contributed by atoms with Gasteiger partial charge in [0.1, 0.15) is 11.8 Å². The monoisotopic (exact) mass is 456 g/mol. The van der Waals surface area contributed by atoms with E-state index in [1.54, 1.807) is 25.2 Å². The Hall–Kier alpha value is -1.96. The van der Waals surface area contributed by atoms with E-state index in [1.807, 2.05) is 6.20 Å². The van der Waals surface area contributed by atoms with Crippen molar-refractivity contribution >= 4 is 22.2 Å². The van der Waals surface area contributed by atoms with Crippen LogP contribution in [0, 0.1) is 0 Å². The highest BCUT2D eigenvalue weighted by atomic mass is 32.1. The third-order valence-corrected chi connectivity index (χ3v) is 7.52. The van der Waals surface area contributed by atoms with Crippen LogP contribution in [0.1, 0.15) is 56.3 Å². The molecule has 172 valence electrons. The minimum Gasteiger partial charge on any atom is -0.464 e. The lowest BCUT2D eigenvalue weighted by atomic mass is 9.90. The molecule has 2 atom stereocenters. The number of H-pyrrole nitrogens is 1. The molecule has 1 saturated heterocycles. The standard InChI is InChI=1S/C25H33FN4OS/c1-5-10-29-13-17(14-29)31-24-27-12-21(32-24)23-22-19(18-8-6-7-9-20(18)28-22)11-16(2)30(23)15-25(3,4)26/h6-9,12,16-17,23,28H,5,10-11,13-15H2,1-4H3/t16-,23-/m1/s1. The number of nitrogens with one attached hydrogen (secondary N) is 1. The van der Waals surface area contributed by atoms with Gasteiger partial charge in [-0.15, -0.1) is 0 Å². The van der Waals surface area contributed by atoms with Crippen molar-refractivity contribution in [2.45, 2.75) is 64.4 Å². The zero-order chi connectivity index (χ0) is 22.5. The Morgan fingerprint density at radius 2 is 2.06 bits per heavy atom. The number of aromatic nitrogens is 2. The minimum absolute atomic E-state index is 0.0518. The molecule has 0 unspecified atom stereocenters. The van der Waals surface area contributed by atoms with Crippen molar-refractivity contribution in [2.75, 3.05) is 26.2 Å². The summed E-state index contributed by atoms with van der Waals surface area (Å²) in [6.07, 6.45) is 4.22. The quantitative estimate of drug-likeness (QED) is 0.532. The van der Waals surface area contributed by atoms with Crippen molar-refractivity contribution in [1.29, 1.82) is 0 Å². The lowest BCUT2D eigenvalue weighted by molar-refractivity contribution is 0.0201. The average molecular weight is 457 g/mol. The first-order valence-corrected chi connectivity index (χ1v) is 12.5. The molecule has 0 saturated carbocycles. The van der Waals surface area contributed by atoms with Crippen LogP contribution in [0.5, 0.6) is 5.19 Å². The summed E-state index contributed by atoms with van der Waals surface area (Å²) in [5.41, 5.74) is 2.37. The van der Waals surface area contributed by atoms with Crippen molar-refractivity contribution in [3.8, 4) is 5.19 Å². The van der Waals surface area contributed by atoms with E-state index in [-0.39, 0.29) is 18.2 Å². The van der Waals surface area contributed by atoms with E-state index in [9.17, 15) is 4.39 Å². The molecule has 0 amide bonds. The molecular formula is C25H33FN4OS. The van der Waals surface area contributed by atoms with E-state index >= 15 is 0 Å². The fourth-order valence-corrected chi connectivity index (χ4v) is 6.14. The van der Waals surface area contributed by atoms with Crippen LogP contribution in [-0.4, -0.2) is 63.8 Å². The molecule has 2 aromatic heterocycles. The molecule has 5 nitrogen and oxygen atoms in total. The van der Waals surface area contributed by atoms with Gasteiger partial charge in [0.05, 0.1) is 10.9 Å². The predicted molar refractivity (Wildman–Crippen MR) is 128 cm³/mol. The molecule has 0 aliphatic carbocycles. The topological polar surface area (TPSA) is 44.4 Å². The first-order chi connectivity index (χ1) is 15.3. The summed E-state index contributed by atoms with van der Waals surface area (Å²) < 4.78 is 21.0. The van der Waals surface area contributed by atoms with E-state index in [1.165, 1.54) is 23.1 Å². The van der Waals surface area contributed by atoms with Gasteiger partial charge in [0.25, 0.3) is 5.19 Å². The molecule has 1 N–H and O–H groups in total. The van der Waals surface area contributed by atoms with E-state index in [0.717, 1.165) is 41.6 Å². The van der Waals surface area contributed by atoms with Crippen LogP contribution in [0.15, 0.2) is 30.5 Å². The lowest BCUT2D eigenvalue weighted by Crippen LogP contribution is -2.53. The van der Waals surface area contributed by atoms with Crippen LogP contribution in [0.3, 0.4) is 0 Å². The summed E-state index contributed by atoms with van der Waals surface area (Å²) >= 11 is 1.60. The highest BCUT2D eigenvalue weighted by Gasteiger charge is 2.39. The Balaban J connectivity index is 1.46. The number of hydrogen-bond donors (Lipinski definition) is 1. The number of fused-ring (bicyclic) bond motifs is 3. The molecule has 2 aliphatic rings. The summed E-state index contributed by atoms with van der Waals surface area (Å²) in [6.45, 7) is 11.2. The van der Waals surface area contributed by atoms with E-state index < -0.39 is 5.67 Å². The van der Waals surface area contributed by atoms with Gasteiger partial charge in [0.2, 0.25) is 0 Å². The highest BCUT2D eigenvalue weighted by molar-refractivity contribution is 7.13. The number of para-hydroxylation sites is 1. The Bertz CT molecular complexity index is 1080. The number of rotatable bonds is 7. The van der Waals surface area contributed by atoms with Crippen molar-refractivity contribution in [3.63, 3.8) is 0 Å². The van der Waals surface area contributed by atoms with Gasteiger partial charge in [-0.3, -0.25) is 9.80 Å². The van der Waals surface area contributed by atoms with E-state index in [4.69, 9.17) is 4.74 Å². The normalized spacial score (nSPS) is 22.8. The van der Waals surface area contributed by atoms with Gasteiger partial charge >= 0.3 is 0 Å². The summed E-state index contributed by atoms with van der Waals surface area (Å²) in [7, 11) is 0. The second-order valence-corrected chi connectivity index (χ2v) is 11.0. The van der Waals surface area contributed by atoms with Crippen LogP contribution < -0.4 is 4.74 Å². The third kappa shape index (κ3) is 4.18. The first-order valence-electron chi connectivity index (χ1n) is 11.7. The van der Waals surface area contributed by atoms with Gasteiger partial charge in [-0.05, 0) is 51.8 Å². The molecule has 2 aliphatic heterocycles. The minimum atomic E-state index is -1.28. The Labute approximate surface area is 193 Å². The number of likely N-dealkylation sites (tertiary alicyclic amines) is 1. The maximum absolute atomic E-state index is 14.9. The van der Waals surface area contributed by atoms with Gasteiger partial charge in [0.15, 0.2) is 0 Å². The van der Waals surface area contributed by atoms with Crippen LogP contribution in [0.4, 0.5) is 4.39 Å². The first kappa shape index (κ1) is 21.9. The van der Waals surface area contributed by atoms with Crippen molar-refractivity contribution < 1.29 is 9.13 Å². The second-order valence-electron chi connectivity index (χ2n) is 9.94. The molecule has 0 spiro atoms. The van der Waals surface area contributed by atoms with Crippen molar-refractivity contribution in [2.24, 2.45) is 0 Å². The largest absolute Gasteiger partial charge is 0.464 e. The Morgan fingerprint density at radius 3 is 2.81 bits per heavy atom. The Kier molecular flexibility index (Phi) is 5.76. The lowest BCUT2D eigenvalue weighted by Gasteiger charge is -2.42. The average Bonchev–Trinajstić information content (AvgIpc) is 3.30. The number of thiazole rings is 1. The van der Waals surface area contributed by atoms with Crippen LogP contribution in [0.2, 0.25) is 0 Å². The van der Waals surface area contributed by atoms with Gasteiger partial charge in [-0.1, -0.05) is 36.5 Å². The van der Waals surface area contributed by atoms with Gasteiger partial charge in [0, 0.05) is 48.5 Å². The molecule has 7 heteroatoms. The SMILES string of the molecule is CCCN1CC(Oc2ncc([C@@H]3c4[nH]c5ccccc5c4C[C@@H](C)N3CC(C)(C)F)s2)C1. The smallest absolute Gasteiger partial charge is 0.273 e. The number of hydrogen-bond acceptors (Lipinski definition) is 5. The molecule has 0 radical (unpaired) electrons. The zero-order valence-corrected chi connectivity index (χ0v) is 20.2. The Morgan fingerprint density at radius 1 is 1.28 bits per heavy atom. The third-order valence-electron chi connectivity index (χ3n) is 6.58. The number of ether oxygens (including phenoxy) is 1. The van der Waals surface area contributed by atoms with E-state index in [2.05, 4.69) is 57.9 Å². The summed E-state index contributed by atoms with van der Waals surface area (Å²) in [6, 6.07) is 8.63. The molecule has 5 rings (SSSR count). The number of nitrogens with zero attached hydrogens (tertiary/aromatic N) is 3. The fraction of sp³-hybridized carbons (Fsp3) is 0.560. The zero-order valence-electron chi connectivity index (χ0n) is 19.4. The maximum Gasteiger partial charge on any atom is 0.273 e. The molecular weight excluding hydrogens is 423 g/mol. The molecule has 0 bridgehead atoms. The summed E-state index contributed by atoms with van der Waals surface area (Å²) in [5.74, 6) is 0. The number of halogens is 1. The van der Waals surface area contributed by atoms with E-state index in [0.29, 0.717) is 6.54 Å². The number of alkyl halides is 1. The predicted octanol–water partition coefficient (Wildman–Crippen LogP) is 5.18. The van der Waals surface area contributed by atoms with Gasteiger partial charge in [-0.25, -0.2) is 9.37 Å². The van der Waals surface area contributed by atoms with Crippen LogP contribution in [0.25, 0.3) is 10.9 Å². The van der Waals surface area contributed by atoms with Crippen LogP contribution in [-0.2, 0) is 6.42 Å². The maximum atomic E-state index is 14.9. The van der Waals surface area contributed by atoms with Crippen LogP contribution >= 0.6 is 11.3 Å². The molecule has 32 heavy (non-hydrogen) atoms. The second kappa shape index (κ2) is 8.43.